The van der Waals surface area contributed by atoms with Crippen LogP contribution in [-0.2, 0) is 11.8 Å². The third-order valence-electron chi connectivity index (χ3n) is 6.63. The number of phenolic OH excluding ortho intramolecular Hbond substituents is 1. The number of aromatic hydroxyl groups is 1. The van der Waals surface area contributed by atoms with Gasteiger partial charge in [-0.15, -0.1) is 6.53 Å². The van der Waals surface area contributed by atoms with Crippen LogP contribution in [0.5, 0.6) is 11.5 Å². The molecular weight excluding hydrogens is 306 g/mol. The van der Waals surface area contributed by atoms with Crippen LogP contribution in [0.2, 0.25) is 0 Å². The van der Waals surface area contributed by atoms with Gasteiger partial charge in [0.2, 0.25) is 0 Å². The van der Waals surface area contributed by atoms with Crippen LogP contribution in [0.4, 0.5) is 0 Å². The summed E-state index contributed by atoms with van der Waals surface area (Å²) in [4.78, 5) is 1.40. The number of hydrogen-bond donors (Lipinski definition) is 3. The van der Waals surface area contributed by atoms with Gasteiger partial charge in [-0.1, -0.05) is 12.1 Å². The SMILES string of the molecule is [2H]C([2H])=C([2H])C([2H])([2H])N1CC[C@]23c4c5ccc(O)c4O[C@H]2[C@H](O)CC[C@@]3(O)[C@H]1C5. The Morgan fingerprint density at radius 3 is 3.25 bits per heavy atom. The number of benzene rings is 1. The van der Waals surface area contributed by atoms with E-state index in [1.54, 1.807) is 6.07 Å². The van der Waals surface area contributed by atoms with Gasteiger partial charge in [0.15, 0.2) is 11.5 Å². The minimum Gasteiger partial charge on any atom is -0.504 e. The van der Waals surface area contributed by atoms with E-state index in [1.165, 1.54) is 11.0 Å². The van der Waals surface area contributed by atoms with Crippen LogP contribution in [-0.4, -0.2) is 57.1 Å². The molecule has 5 atom stereocenters. The van der Waals surface area contributed by atoms with Crippen LogP contribution >= 0.6 is 0 Å². The molecule has 2 aliphatic heterocycles. The summed E-state index contributed by atoms with van der Waals surface area (Å²) in [6.45, 7) is -3.12. The van der Waals surface area contributed by atoms with Gasteiger partial charge in [0.1, 0.15) is 6.10 Å². The van der Waals surface area contributed by atoms with Gasteiger partial charge in [-0.2, -0.15) is 0 Å². The highest BCUT2D eigenvalue weighted by atomic mass is 16.5. The fourth-order valence-electron chi connectivity index (χ4n) is 5.72. The quantitative estimate of drug-likeness (QED) is 0.706. The Hall–Kier alpha value is -1.56. The maximum atomic E-state index is 12.0. The smallest absolute Gasteiger partial charge is 0.165 e. The number of piperidine rings is 1. The van der Waals surface area contributed by atoms with Crippen molar-refractivity contribution in [3.05, 3.63) is 35.8 Å². The average Bonchev–Trinajstić information content (AvgIpc) is 3.01. The van der Waals surface area contributed by atoms with E-state index in [-0.39, 0.29) is 38.0 Å². The number of phenols is 1. The van der Waals surface area contributed by atoms with Gasteiger partial charge < -0.3 is 20.1 Å². The first-order valence-electron chi connectivity index (χ1n) is 10.9. The summed E-state index contributed by atoms with van der Waals surface area (Å²) >= 11 is 0. The summed E-state index contributed by atoms with van der Waals surface area (Å²) in [6, 6.07) is 1.79. The fraction of sp³-hybridized carbons (Fsp3) is 0.579. The molecule has 3 N–H and O–H groups in total. The number of hydrogen-bond acceptors (Lipinski definition) is 5. The van der Waals surface area contributed by atoms with Gasteiger partial charge in [0.05, 0.1) is 21.2 Å². The van der Waals surface area contributed by atoms with Crippen LogP contribution < -0.4 is 4.74 Å². The second kappa shape index (κ2) is 4.54. The predicted molar refractivity (Wildman–Crippen MR) is 88.3 cm³/mol. The number of aliphatic hydroxyl groups is 2. The van der Waals surface area contributed by atoms with Crippen LogP contribution in [0.15, 0.2) is 24.7 Å². The number of nitrogens with zero attached hydrogens (tertiary/aromatic N) is 1. The summed E-state index contributed by atoms with van der Waals surface area (Å²) in [7, 11) is 0. The fourth-order valence-corrected chi connectivity index (χ4v) is 5.72. The molecule has 2 bridgehead atoms. The van der Waals surface area contributed by atoms with Crippen molar-refractivity contribution >= 4 is 0 Å². The van der Waals surface area contributed by atoms with E-state index in [2.05, 4.69) is 0 Å². The molecule has 1 saturated heterocycles. The van der Waals surface area contributed by atoms with Crippen LogP contribution in [0, 0.1) is 0 Å². The minimum atomic E-state index is -2.39. The lowest BCUT2D eigenvalue weighted by Crippen LogP contribution is -2.77. The van der Waals surface area contributed by atoms with Gasteiger partial charge in [0.25, 0.3) is 0 Å². The highest BCUT2D eigenvalue weighted by molar-refractivity contribution is 5.62. The van der Waals surface area contributed by atoms with Crippen molar-refractivity contribution in [3.63, 3.8) is 0 Å². The molecule has 0 radical (unpaired) electrons. The van der Waals surface area contributed by atoms with Gasteiger partial charge in [-0.25, -0.2) is 0 Å². The van der Waals surface area contributed by atoms with Crippen molar-refractivity contribution in [2.45, 2.75) is 54.9 Å². The molecule has 5 nitrogen and oxygen atoms in total. The monoisotopic (exact) mass is 334 g/mol. The van der Waals surface area contributed by atoms with Crippen molar-refractivity contribution in [2.24, 2.45) is 0 Å². The summed E-state index contributed by atoms with van der Waals surface area (Å²) in [6.07, 6.45) is -0.517. The molecule has 1 aromatic carbocycles. The molecule has 5 heteroatoms. The molecule has 128 valence electrons. The molecule has 0 unspecified atom stereocenters. The maximum Gasteiger partial charge on any atom is 0.165 e. The first-order valence-corrected chi connectivity index (χ1v) is 8.39. The number of ether oxygens (including phenoxy) is 1. The zero-order valence-corrected chi connectivity index (χ0v) is 13.1. The Bertz CT molecular complexity index is 935. The molecule has 2 heterocycles. The van der Waals surface area contributed by atoms with Gasteiger partial charge in [-0.05, 0) is 43.9 Å². The zero-order valence-electron chi connectivity index (χ0n) is 18.1. The Morgan fingerprint density at radius 2 is 2.42 bits per heavy atom. The predicted octanol–water partition coefficient (Wildman–Crippen LogP) is 1.09. The summed E-state index contributed by atoms with van der Waals surface area (Å²) in [5.41, 5.74) is -0.875. The van der Waals surface area contributed by atoms with Crippen LogP contribution in [0.1, 0.15) is 37.2 Å². The van der Waals surface area contributed by atoms with E-state index >= 15 is 0 Å². The van der Waals surface area contributed by atoms with Gasteiger partial charge in [-0.3, -0.25) is 4.90 Å². The number of rotatable bonds is 2. The average molecular weight is 334 g/mol. The second-order valence-electron chi connectivity index (χ2n) is 7.39. The lowest BCUT2D eigenvalue weighted by molar-refractivity contribution is -0.206. The summed E-state index contributed by atoms with van der Waals surface area (Å²) in [5, 5.41) is 33.1. The van der Waals surface area contributed by atoms with E-state index in [9.17, 15) is 15.3 Å². The van der Waals surface area contributed by atoms with Crippen LogP contribution in [0.25, 0.3) is 0 Å². The highest BCUT2D eigenvalue weighted by Crippen LogP contribution is 2.65. The molecule has 4 aliphatic rings. The van der Waals surface area contributed by atoms with E-state index < -0.39 is 48.3 Å². The van der Waals surface area contributed by atoms with E-state index in [0.717, 1.165) is 5.56 Å². The molecular formula is C19H23NO4. The van der Waals surface area contributed by atoms with Crippen LogP contribution in [0.3, 0.4) is 0 Å². The molecule has 0 amide bonds. The molecule has 2 fully saturated rings. The minimum absolute atomic E-state index is 0.0392. The van der Waals surface area contributed by atoms with Crippen molar-refractivity contribution < 1.29 is 26.9 Å². The first-order chi connectivity index (χ1) is 13.6. The Balaban J connectivity index is 1.73. The third-order valence-corrected chi connectivity index (χ3v) is 6.63. The molecule has 5 rings (SSSR count). The van der Waals surface area contributed by atoms with E-state index in [0.29, 0.717) is 11.3 Å². The lowest BCUT2D eigenvalue weighted by Gasteiger charge is -2.63. The lowest BCUT2D eigenvalue weighted by atomic mass is 9.48. The maximum absolute atomic E-state index is 12.0. The normalized spacial score (nSPS) is 45.8. The first kappa shape index (κ1) is 10.4. The summed E-state index contributed by atoms with van der Waals surface area (Å²) in [5.74, 6) is 0.255. The molecule has 1 saturated carbocycles. The second-order valence-corrected chi connectivity index (χ2v) is 7.39. The van der Waals surface area contributed by atoms with E-state index in [4.69, 9.17) is 11.6 Å². The Labute approximate surface area is 148 Å². The molecule has 1 spiro atoms. The highest BCUT2D eigenvalue weighted by Gasteiger charge is 2.72. The number of aliphatic hydroxyl groups excluding tert-OH is 1. The van der Waals surface area contributed by atoms with Gasteiger partial charge in [0, 0.05) is 20.8 Å². The van der Waals surface area contributed by atoms with Gasteiger partial charge >= 0.3 is 0 Å². The summed E-state index contributed by atoms with van der Waals surface area (Å²) < 4.78 is 45.7. The third kappa shape index (κ3) is 1.43. The molecule has 0 aromatic heterocycles. The van der Waals surface area contributed by atoms with Crippen molar-refractivity contribution in [1.29, 1.82) is 0 Å². The molecule has 2 aliphatic carbocycles. The standard InChI is InChI=1S/C19H23NO4/c1-2-8-20-9-7-18-15-11-3-4-12(21)16(15)24-17(18)13(22)5-6-19(18,23)14(20)10-11/h2-4,13-14,17,21-23H,1,5-10H2/t13-,14-,17+,18+,19-/m1/s1/i1D2,2D,8D2. The molecule has 24 heavy (non-hydrogen) atoms. The Morgan fingerprint density at radius 1 is 1.54 bits per heavy atom. The largest absolute Gasteiger partial charge is 0.504 e. The van der Waals surface area contributed by atoms with Crippen molar-refractivity contribution in [1.82, 2.24) is 4.90 Å². The van der Waals surface area contributed by atoms with E-state index in [1.807, 2.05) is 0 Å². The Kier molecular flexibility index (Phi) is 1.97. The zero-order chi connectivity index (χ0) is 20.9. The molecule has 1 aromatic rings. The number of likely N-dealkylation sites (tertiary alicyclic amines) is 1. The van der Waals surface area contributed by atoms with Crippen molar-refractivity contribution in [2.75, 3.05) is 13.0 Å². The topological polar surface area (TPSA) is 73.2 Å². The van der Waals surface area contributed by atoms with Crippen molar-refractivity contribution in [3.8, 4) is 11.5 Å².